The number of nitrogens with zero attached hydrogens (tertiary/aromatic N) is 1. The van der Waals surface area contributed by atoms with Gasteiger partial charge in [-0.05, 0) is 45.1 Å². The van der Waals surface area contributed by atoms with Gasteiger partial charge >= 0.3 is 0 Å². The summed E-state index contributed by atoms with van der Waals surface area (Å²) >= 11 is 0. The molecule has 2 atom stereocenters. The Morgan fingerprint density at radius 3 is 2.36 bits per heavy atom. The summed E-state index contributed by atoms with van der Waals surface area (Å²) in [5.74, 6) is 0.439. The lowest BCUT2D eigenvalue weighted by atomic mass is 9.70. The summed E-state index contributed by atoms with van der Waals surface area (Å²) in [5.41, 5.74) is 1.21. The molecule has 0 amide bonds. The summed E-state index contributed by atoms with van der Waals surface area (Å²) in [6.45, 7) is 5.02. The van der Waals surface area contributed by atoms with E-state index in [1.165, 1.54) is 5.56 Å². The van der Waals surface area contributed by atoms with Crippen molar-refractivity contribution in [1.29, 1.82) is 0 Å². The molecule has 0 radical (unpaired) electrons. The Kier molecular flexibility index (Phi) is 5.70. The molecule has 2 fully saturated rings. The molecule has 0 bridgehead atoms. The highest BCUT2D eigenvalue weighted by Crippen LogP contribution is 2.49. The largest absolute Gasteiger partial charge is 0.361 e. The monoisotopic (exact) mass is 343 g/mol. The summed E-state index contributed by atoms with van der Waals surface area (Å²) in [4.78, 5) is 25.7. The number of benzene rings is 1. The number of carbonyl (C=O) groups excluding carboxylic acids is 2. The molecule has 0 N–H and O–H groups in total. The predicted molar refractivity (Wildman–Crippen MR) is 97.1 cm³/mol. The van der Waals surface area contributed by atoms with Gasteiger partial charge in [0.1, 0.15) is 17.8 Å². The first-order chi connectivity index (χ1) is 12.0. The second kappa shape index (κ2) is 7.79. The molecular weight excluding hydrogens is 314 g/mol. The summed E-state index contributed by atoms with van der Waals surface area (Å²) in [5, 5.41) is 0. The molecule has 136 valence electrons. The molecule has 0 aliphatic carbocycles. The fraction of sp³-hybridized carbons (Fsp3) is 0.619. The fourth-order valence-electron chi connectivity index (χ4n) is 4.51. The van der Waals surface area contributed by atoms with Gasteiger partial charge in [-0.3, -0.25) is 4.90 Å². The van der Waals surface area contributed by atoms with Crippen molar-refractivity contribution in [2.24, 2.45) is 5.41 Å². The summed E-state index contributed by atoms with van der Waals surface area (Å²) < 4.78 is 6.31. The van der Waals surface area contributed by atoms with E-state index in [9.17, 15) is 9.59 Å². The van der Waals surface area contributed by atoms with Crippen molar-refractivity contribution in [3.63, 3.8) is 0 Å². The minimum atomic E-state index is -0.0842. The zero-order valence-corrected chi connectivity index (χ0v) is 15.4. The topological polar surface area (TPSA) is 46.6 Å². The lowest BCUT2D eigenvalue weighted by molar-refractivity contribution is -0.128. The minimum absolute atomic E-state index is 0.0187. The van der Waals surface area contributed by atoms with Crippen LogP contribution in [-0.2, 0) is 14.3 Å². The maximum atomic E-state index is 11.6. The number of rotatable bonds is 7. The maximum Gasteiger partial charge on any atom is 0.129 e. The molecule has 2 aliphatic heterocycles. The van der Waals surface area contributed by atoms with Crippen molar-refractivity contribution < 1.29 is 14.3 Å². The Balaban J connectivity index is 1.83. The van der Waals surface area contributed by atoms with E-state index in [-0.39, 0.29) is 29.3 Å². The molecule has 0 saturated carbocycles. The van der Waals surface area contributed by atoms with Gasteiger partial charge in [0.25, 0.3) is 0 Å². The van der Waals surface area contributed by atoms with E-state index in [0.29, 0.717) is 19.4 Å². The first-order valence-corrected chi connectivity index (χ1v) is 9.43. The average molecular weight is 343 g/mol. The molecule has 0 aromatic heterocycles. The van der Waals surface area contributed by atoms with E-state index in [1.807, 2.05) is 6.07 Å². The van der Waals surface area contributed by atoms with Crippen molar-refractivity contribution >= 4 is 11.6 Å². The van der Waals surface area contributed by atoms with Crippen LogP contribution in [-0.4, -0.2) is 35.8 Å². The number of piperidine rings is 1. The number of fused-ring (bicyclic) bond motifs is 1. The first-order valence-electron chi connectivity index (χ1n) is 9.43. The highest BCUT2D eigenvalue weighted by atomic mass is 16.5. The number of ether oxygens (including phenoxy) is 1. The van der Waals surface area contributed by atoms with Crippen molar-refractivity contribution in [3.05, 3.63) is 35.9 Å². The van der Waals surface area contributed by atoms with Gasteiger partial charge in [0.2, 0.25) is 0 Å². The second-order valence-electron chi connectivity index (χ2n) is 7.72. The lowest BCUT2D eigenvalue weighted by Crippen LogP contribution is -2.50. The molecule has 2 saturated heterocycles. The van der Waals surface area contributed by atoms with Crippen molar-refractivity contribution in [1.82, 2.24) is 4.90 Å². The molecule has 0 spiro atoms. The number of ketones is 2. The molecule has 4 nitrogen and oxygen atoms in total. The second-order valence-corrected chi connectivity index (χ2v) is 7.72. The smallest absolute Gasteiger partial charge is 0.129 e. The molecule has 25 heavy (non-hydrogen) atoms. The van der Waals surface area contributed by atoms with E-state index < -0.39 is 0 Å². The summed E-state index contributed by atoms with van der Waals surface area (Å²) in [6, 6.07) is 10.8. The normalized spacial score (nSPS) is 25.5. The van der Waals surface area contributed by atoms with E-state index >= 15 is 0 Å². The van der Waals surface area contributed by atoms with Gasteiger partial charge in [-0.15, -0.1) is 0 Å². The third-order valence-electron chi connectivity index (χ3n) is 5.86. The van der Waals surface area contributed by atoms with E-state index in [2.05, 4.69) is 29.2 Å². The third kappa shape index (κ3) is 4.01. The van der Waals surface area contributed by atoms with E-state index in [4.69, 9.17) is 4.74 Å². The maximum absolute atomic E-state index is 11.6. The van der Waals surface area contributed by atoms with Crippen LogP contribution in [0.4, 0.5) is 0 Å². The van der Waals surface area contributed by atoms with Crippen LogP contribution in [0, 0.1) is 5.41 Å². The Labute approximate surface area is 150 Å². The lowest BCUT2D eigenvalue weighted by Gasteiger charge is -2.47. The predicted octanol–water partition coefficient (Wildman–Crippen LogP) is 3.90. The van der Waals surface area contributed by atoms with Crippen LogP contribution >= 0.6 is 0 Å². The van der Waals surface area contributed by atoms with Crippen LogP contribution in [0.2, 0.25) is 0 Å². The number of hydrogen-bond donors (Lipinski definition) is 0. The Morgan fingerprint density at radius 2 is 1.76 bits per heavy atom. The van der Waals surface area contributed by atoms with Crippen LogP contribution in [0.5, 0.6) is 0 Å². The van der Waals surface area contributed by atoms with Crippen LogP contribution in [0.3, 0.4) is 0 Å². The molecule has 0 unspecified atom stereocenters. The molecule has 2 heterocycles. The zero-order chi connectivity index (χ0) is 17.9. The average Bonchev–Trinajstić information content (AvgIpc) is 3.04. The number of Topliss-reactive ketones (excluding diaryl/α,β-unsaturated/α-hetero) is 2. The molecule has 4 heteroatoms. The zero-order valence-electron chi connectivity index (χ0n) is 15.4. The van der Waals surface area contributed by atoms with Gasteiger partial charge in [-0.2, -0.15) is 0 Å². The van der Waals surface area contributed by atoms with Gasteiger partial charge in [-0.25, -0.2) is 0 Å². The standard InChI is InChI=1S/C21H29NO3/c1-16(23)9-12-21(13-10-17(2)24)11-6-14-22-19(15-25-20(21)22)18-7-4-3-5-8-18/h3-5,7-8,19-20H,6,9-15H2,1-2H3/t19-,20+/m0/s1. The van der Waals surface area contributed by atoms with Gasteiger partial charge in [0, 0.05) is 24.8 Å². The van der Waals surface area contributed by atoms with E-state index in [1.54, 1.807) is 13.8 Å². The molecule has 3 rings (SSSR count). The van der Waals surface area contributed by atoms with Gasteiger partial charge in [0.15, 0.2) is 0 Å². The summed E-state index contributed by atoms with van der Waals surface area (Å²) in [6.07, 6.45) is 4.93. The molecule has 1 aromatic rings. The SMILES string of the molecule is CC(=O)CCC1(CCC(C)=O)CCCN2[C@H](c3ccccc3)CO[C@@H]21. The van der Waals surface area contributed by atoms with Crippen molar-refractivity contribution in [3.8, 4) is 0 Å². The third-order valence-corrected chi connectivity index (χ3v) is 5.86. The Bertz CT molecular complexity index is 595. The summed E-state index contributed by atoms with van der Waals surface area (Å²) in [7, 11) is 0. The fourth-order valence-corrected chi connectivity index (χ4v) is 4.51. The minimum Gasteiger partial charge on any atom is -0.361 e. The highest BCUT2D eigenvalue weighted by molar-refractivity contribution is 5.76. The first kappa shape index (κ1) is 18.3. The van der Waals surface area contributed by atoms with Crippen LogP contribution in [0.25, 0.3) is 0 Å². The highest BCUT2D eigenvalue weighted by Gasteiger charge is 2.50. The number of carbonyl (C=O) groups is 2. The molecular formula is C21H29NO3. The quantitative estimate of drug-likeness (QED) is 0.753. The van der Waals surface area contributed by atoms with E-state index in [0.717, 1.165) is 32.2 Å². The van der Waals surface area contributed by atoms with Gasteiger partial charge in [0.05, 0.1) is 12.6 Å². The Hall–Kier alpha value is -1.52. The van der Waals surface area contributed by atoms with Crippen LogP contribution in [0.1, 0.15) is 64.0 Å². The van der Waals surface area contributed by atoms with Crippen LogP contribution in [0.15, 0.2) is 30.3 Å². The van der Waals surface area contributed by atoms with Gasteiger partial charge in [-0.1, -0.05) is 30.3 Å². The molecule has 1 aromatic carbocycles. The van der Waals surface area contributed by atoms with Crippen molar-refractivity contribution in [2.45, 2.75) is 64.6 Å². The Morgan fingerprint density at radius 1 is 1.12 bits per heavy atom. The van der Waals surface area contributed by atoms with Gasteiger partial charge < -0.3 is 14.3 Å². The van der Waals surface area contributed by atoms with Crippen LogP contribution < -0.4 is 0 Å². The number of hydrogen-bond acceptors (Lipinski definition) is 4. The molecule has 2 aliphatic rings. The van der Waals surface area contributed by atoms with Crippen molar-refractivity contribution in [2.75, 3.05) is 13.2 Å².